The van der Waals surface area contributed by atoms with Gasteiger partial charge in [0.05, 0.1) is 0 Å². The number of benzene rings is 1. The fourth-order valence-electron chi connectivity index (χ4n) is 3.33. The lowest BCUT2D eigenvalue weighted by Gasteiger charge is -2.36. The molecule has 138 valence electrons. The Morgan fingerprint density at radius 2 is 2.04 bits per heavy atom. The average Bonchev–Trinajstić information content (AvgIpc) is 2.54. The van der Waals surface area contributed by atoms with Gasteiger partial charge in [-0.15, -0.1) is 0 Å². The Hall–Kier alpha value is -1.75. The molecule has 1 aromatic carbocycles. The van der Waals surface area contributed by atoms with Crippen LogP contribution in [0.3, 0.4) is 0 Å². The van der Waals surface area contributed by atoms with Gasteiger partial charge >= 0.3 is 11.9 Å². The summed E-state index contributed by atoms with van der Waals surface area (Å²) in [6.45, 7) is 5.92. The zero-order valence-corrected chi connectivity index (χ0v) is 15.6. The molecule has 0 amide bonds. The molecule has 0 bridgehead atoms. The minimum absolute atomic E-state index is 0.0772. The summed E-state index contributed by atoms with van der Waals surface area (Å²) in [5.41, 5.74) is -0.0772. The number of rotatable bonds is 5. The van der Waals surface area contributed by atoms with Gasteiger partial charge in [-0.25, -0.2) is 9.59 Å². The topological polar surface area (TPSA) is 72.8 Å². The third-order valence-electron chi connectivity index (χ3n) is 4.74. The number of hydrogen-bond acceptors (Lipinski definition) is 5. The first kappa shape index (κ1) is 19.6. The van der Waals surface area contributed by atoms with Crippen LogP contribution in [0.5, 0.6) is 5.75 Å². The van der Waals surface area contributed by atoms with Gasteiger partial charge in [0, 0.05) is 5.02 Å². The molecule has 0 saturated heterocycles. The predicted octanol–water partition coefficient (Wildman–Crippen LogP) is 4.21. The maximum Gasteiger partial charge on any atom is 0.344 e. The summed E-state index contributed by atoms with van der Waals surface area (Å²) >= 11 is 5.80. The summed E-state index contributed by atoms with van der Waals surface area (Å²) in [4.78, 5) is 24.1. The summed E-state index contributed by atoms with van der Waals surface area (Å²) in [7, 11) is 0. The standard InChI is InChI=1S/C19H25ClO5/c1-11(2)14-6-4-12(3)8-17(14)25-18(22)10-24-19(23)15-9-13(20)5-7-16(15)21/h5,7,9,11-12,14,17,21H,4,6,8,10H2,1-3H3. The van der Waals surface area contributed by atoms with Gasteiger partial charge in [-0.1, -0.05) is 38.8 Å². The van der Waals surface area contributed by atoms with E-state index in [9.17, 15) is 14.7 Å². The fraction of sp³-hybridized carbons (Fsp3) is 0.579. The van der Waals surface area contributed by atoms with Gasteiger partial charge in [-0.3, -0.25) is 0 Å². The van der Waals surface area contributed by atoms with Crippen molar-refractivity contribution in [3.8, 4) is 5.75 Å². The number of esters is 2. The van der Waals surface area contributed by atoms with Crippen LogP contribution in [-0.2, 0) is 14.3 Å². The Balaban J connectivity index is 1.91. The first-order valence-electron chi connectivity index (χ1n) is 8.63. The number of ether oxygens (including phenoxy) is 2. The number of halogens is 1. The van der Waals surface area contributed by atoms with Crippen molar-refractivity contribution in [2.45, 2.75) is 46.1 Å². The zero-order valence-electron chi connectivity index (χ0n) is 14.8. The van der Waals surface area contributed by atoms with Crippen LogP contribution in [-0.4, -0.2) is 29.8 Å². The van der Waals surface area contributed by atoms with Crippen LogP contribution in [0, 0.1) is 17.8 Å². The highest BCUT2D eigenvalue weighted by Gasteiger charge is 2.33. The molecule has 2 rings (SSSR count). The second kappa shape index (κ2) is 8.56. The van der Waals surface area contributed by atoms with Crippen molar-refractivity contribution < 1.29 is 24.2 Å². The molecule has 3 atom stereocenters. The number of hydrogen-bond donors (Lipinski definition) is 1. The van der Waals surface area contributed by atoms with Gasteiger partial charge in [0.2, 0.25) is 0 Å². The van der Waals surface area contributed by atoms with Crippen molar-refractivity contribution in [3.05, 3.63) is 28.8 Å². The molecule has 6 heteroatoms. The highest BCUT2D eigenvalue weighted by Crippen LogP contribution is 2.35. The van der Waals surface area contributed by atoms with Crippen LogP contribution < -0.4 is 0 Å². The predicted molar refractivity (Wildman–Crippen MR) is 94.6 cm³/mol. The molecule has 0 radical (unpaired) electrons. The number of carbonyl (C=O) groups is 2. The molecule has 1 fully saturated rings. The summed E-state index contributed by atoms with van der Waals surface area (Å²) < 4.78 is 10.5. The van der Waals surface area contributed by atoms with Crippen LogP contribution >= 0.6 is 11.6 Å². The van der Waals surface area contributed by atoms with Crippen LogP contribution in [0.15, 0.2) is 18.2 Å². The molecule has 1 aliphatic rings. The monoisotopic (exact) mass is 368 g/mol. The van der Waals surface area contributed by atoms with E-state index >= 15 is 0 Å². The molecular weight excluding hydrogens is 344 g/mol. The van der Waals surface area contributed by atoms with E-state index in [2.05, 4.69) is 20.8 Å². The highest BCUT2D eigenvalue weighted by atomic mass is 35.5. The Labute approximate surface area is 153 Å². The SMILES string of the molecule is CC1CCC(C(C)C)C(OC(=O)COC(=O)c2cc(Cl)ccc2O)C1. The van der Waals surface area contributed by atoms with Crippen LogP contribution in [0.1, 0.15) is 50.4 Å². The molecule has 0 spiro atoms. The maximum atomic E-state index is 12.1. The van der Waals surface area contributed by atoms with Crippen molar-refractivity contribution in [1.82, 2.24) is 0 Å². The molecule has 0 aromatic heterocycles. The average molecular weight is 369 g/mol. The van der Waals surface area contributed by atoms with Gasteiger partial charge in [-0.05, 0) is 48.8 Å². The lowest BCUT2D eigenvalue weighted by atomic mass is 9.75. The quantitative estimate of drug-likeness (QED) is 0.788. The largest absolute Gasteiger partial charge is 0.507 e. The third-order valence-corrected chi connectivity index (χ3v) is 4.98. The van der Waals surface area contributed by atoms with Gasteiger partial charge in [-0.2, -0.15) is 0 Å². The van der Waals surface area contributed by atoms with Gasteiger partial charge in [0.1, 0.15) is 17.4 Å². The molecule has 3 unspecified atom stereocenters. The highest BCUT2D eigenvalue weighted by molar-refractivity contribution is 6.31. The number of aromatic hydroxyl groups is 1. The van der Waals surface area contributed by atoms with Crippen LogP contribution in [0.4, 0.5) is 0 Å². The molecule has 1 aromatic rings. The Morgan fingerprint density at radius 3 is 2.72 bits per heavy atom. The van der Waals surface area contributed by atoms with Crippen molar-refractivity contribution >= 4 is 23.5 Å². The zero-order chi connectivity index (χ0) is 18.6. The minimum Gasteiger partial charge on any atom is -0.507 e. The molecule has 1 N–H and O–H groups in total. The Bertz CT molecular complexity index is 628. The van der Waals surface area contributed by atoms with Gasteiger partial charge in [0.25, 0.3) is 0 Å². The Morgan fingerprint density at radius 1 is 1.32 bits per heavy atom. The normalized spacial score (nSPS) is 23.3. The van der Waals surface area contributed by atoms with Crippen LogP contribution in [0.2, 0.25) is 5.02 Å². The van der Waals surface area contributed by atoms with E-state index in [4.69, 9.17) is 21.1 Å². The van der Waals surface area contributed by atoms with E-state index in [0.29, 0.717) is 22.8 Å². The summed E-state index contributed by atoms with van der Waals surface area (Å²) in [5.74, 6) is -0.361. The van der Waals surface area contributed by atoms with E-state index in [0.717, 1.165) is 19.3 Å². The maximum absolute atomic E-state index is 12.1. The van der Waals surface area contributed by atoms with Crippen molar-refractivity contribution in [1.29, 1.82) is 0 Å². The number of phenols is 1. The lowest BCUT2D eigenvalue weighted by molar-refractivity contribution is -0.159. The first-order valence-corrected chi connectivity index (χ1v) is 9.00. The smallest absolute Gasteiger partial charge is 0.344 e. The lowest BCUT2D eigenvalue weighted by Crippen LogP contribution is -2.36. The van der Waals surface area contributed by atoms with E-state index in [1.165, 1.54) is 18.2 Å². The molecule has 1 aliphatic carbocycles. The second-order valence-corrected chi connectivity index (χ2v) is 7.53. The molecule has 25 heavy (non-hydrogen) atoms. The summed E-state index contributed by atoms with van der Waals surface area (Å²) in [6, 6.07) is 4.05. The van der Waals surface area contributed by atoms with E-state index in [-0.39, 0.29) is 17.4 Å². The first-order chi connectivity index (χ1) is 11.8. The summed E-state index contributed by atoms with van der Waals surface area (Å²) in [5, 5.41) is 9.98. The van der Waals surface area contributed by atoms with Crippen molar-refractivity contribution in [3.63, 3.8) is 0 Å². The Kier molecular flexibility index (Phi) is 6.71. The molecule has 0 heterocycles. The van der Waals surface area contributed by atoms with Gasteiger partial charge < -0.3 is 14.6 Å². The van der Waals surface area contributed by atoms with E-state index in [1.54, 1.807) is 0 Å². The summed E-state index contributed by atoms with van der Waals surface area (Å²) in [6.07, 6.45) is 2.86. The van der Waals surface area contributed by atoms with E-state index in [1.807, 2.05) is 0 Å². The van der Waals surface area contributed by atoms with Crippen LogP contribution in [0.25, 0.3) is 0 Å². The second-order valence-electron chi connectivity index (χ2n) is 7.09. The molecule has 5 nitrogen and oxygen atoms in total. The van der Waals surface area contributed by atoms with Crippen molar-refractivity contribution in [2.24, 2.45) is 17.8 Å². The van der Waals surface area contributed by atoms with Crippen molar-refractivity contribution in [2.75, 3.05) is 6.61 Å². The minimum atomic E-state index is -0.811. The fourth-order valence-corrected chi connectivity index (χ4v) is 3.50. The molecule has 0 aliphatic heterocycles. The molecule has 1 saturated carbocycles. The van der Waals surface area contributed by atoms with E-state index < -0.39 is 18.5 Å². The molecular formula is C19H25ClO5. The number of phenolic OH excluding ortho intramolecular Hbond substituents is 1. The van der Waals surface area contributed by atoms with Gasteiger partial charge in [0.15, 0.2) is 6.61 Å². The third kappa shape index (κ3) is 5.36. The number of carbonyl (C=O) groups excluding carboxylic acids is 2.